The summed E-state index contributed by atoms with van der Waals surface area (Å²) in [5.41, 5.74) is 3.47. The van der Waals surface area contributed by atoms with Gasteiger partial charge in [-0.1, -0.05) is 25.5 Å². The lowest BCUT2D eigenvalue weighted by Gasteiger charge is -2.50. The van der Waals surface area contributed by atoms with E-state index in [9.17, 15) is 0 Å². The molecule has 0 radical (unpaired) electrons. The maximum absolute atomic E-state index is 3.59. The molecule has 3 fully saturated rings. The highest BCUT2D eigenvalue weighted by Gasteiger charge is 2.39. The number of likely N-dealkylation sites (tertiary alicyclic amines) is 1. The second-order valence-electron chi connectivity index (χ2n) is 9.46. The van der Waals surface area contributed by atoms with E-state index in [0.29, 0.717) is 11.5 Å². The predicted molar refractivity (Wildman–Crippen MR) is 115 cm³/mol. The average Bonchev–Trinajstić information content (AvgIpc) is 2.68. The summed E-state index contributed by atoms with van der Waals surface area (Å²) >= 11 is 0. The third-order valence-electron chi connectivity index (χ3n) is 7.84. The average molecular weight is 370 g/mol. The molecule has 2 aliphatic heterocycles. The molecule has 2 saturated heterocycles. The van der Waals surface area contributed by atoms with Gasteiger partial charge in [0.1, 0.15) is 0 Å². The molecule has 3 heteroatoms. The van der Waals surface area contributed by atoms with Gasteiger partial charge >= 0.3 is 0 Å². The van der Waals surface area contributed by atoms with Crippen molar-refractivity contribution in [3.63, 3.8) is 0 Å². The SMILES string of the molecule is CCC(C)NCc1ccc(N2CCC3(CC2)CCN(C2CCC2)CC3)cc1. The summed E-state index contributed by atoms with van der Waals surface area (Å²) in [5.74, 6) is 0. The van der Waals surface area contributed by atoms with Gasteiger partial charge in [0, 0.05) is 37.4 Å². The predicted octanol–water partition coefficient (Wildman–Crippen LogP) is 4.81. The van der Waals surface area contributed by atoms with Crippen molar-refractivity contribution in [3.05, 3.63) is 29.8 Å². The summed E-state index contributed by atoms with van der Waals surface area (Å²) in [6.45, 7) is 10.7. The highest BCUT2D eigenvalue weighted by Crippen LogP contribution is 2.43. The van der Waals surface area contributed by atoms with Crippen molar-refractivity contribution in [1.29, 1.82) is 0 Å². The fourth-order valence-corrected chi connectivity index (χ4v) is 5.12. The Bertz CT molecular complexity index is 574. The minimum atomic E-state index is 0.596. The van der Waals surface area contributed by atoms with E-state index >= 15 is 0 Å². The maximum atomic E-state index is 3.59. The molecule has 4 rings (SSSR count). The molecule has 0 bridgehead atoms. The summed E-state index contributed by atoms with van der Waals surface area (Å²) in [6.07, 6.45) is 11.2. The van der Waals surface area contributed by atoms with Crippen LogP contribution in [0.2, 0.25) is 0 Å². The molecular weight excluding hydrogens is 330 g/mol. The fourth-order valence-electron chi connectivity index (χ4n) is 5.12. The molecule has 2 heterocycles. The van der Waals surface area contributed by atoms with Gasteiger partial charge in [0.05, 0.1) is 0 Å². The number of nitrogens with zero attached hydrogens (tertiary/aromatic N) is 2. The molecular formula is C24H39N3. The fraction of sp³-hybridized carbons (Fsp3) is 0.750. The summed E-state index contributed by atoms with van der Waals surface area (Å²) in [5, 5.41) is 3.59. The quantitative estimate of drug-likeness (QED) is 0.776. The first-order chi connectivity index (χ1) is 13.2. The van der Waals surface area contributed by atoms with Crippen LogP contribution < -0.4 is 10.2 Å². The van der Waals surface area contributed by atoms with Crippen LogP contribution in [-0.2, 0) is 6.54 Å². The highest BCUT2D eigenvalue weighted by molar-refractivity contribution is 5.48. The first-order valence-corrected chi connectivity index (χ1v) is 11.5. The lowest BCUT2D eigenvalue weighted by Crippen LogP contribution is -2.50. The molecule has 1 unspecified atom stereocenters. The number of nitrogens with one attached hydrogen (secondary N) is 1. The normalized spacial score (nSPS) is 24.7. The van der Waals surface area contributed by atoms with Crippen LogP contribution in [0.1, 0.15) is 70.8 Å². The summed E-state index contributed by atoms with van der Waals surface area (Å²) in [7, 11) is 0. The minimum absolute atomic E-state index is 0.596. The van der Waals surface area contributed by atoms with Crippen molar-refractivity contribution in [2.24, 2.45) is 5.41 Å². The van der Waals surface area contributed by atoms with Crippen molar-refractivity contribution in [2.75, 3.05) is 31.1 Å². The topological polar surface area (TPSA) is 18.5 Å². The Morgan fingerprint density at radius 2 is 1.63 bits per heavy atom. The van der Waals surface area contributed by atoms with Crippen molar-refractivity contribution in [2.45, 2.75) is 83.8 Å². The van der Waals surface area contributed by atoms with Gasteiger partial charge in [-0.2, -0.15) is 0 Å². The van der Waals surface area contributed by atoms with E-state index in [1.807, 2.05) is 0 Å². The minimum Gasteiger partial charge on any atom is -0.371 e. The second-order valence-corrected chi connectivity index (χ2v) is 9.46. The summed E-state index contributed by atoms with van der Waals surface area (Å²) in [4.78, 5) is 5.42. The van der Waals surface area contributed by atoms with Gasteiger partial charge in [0.15, 0.2) is 0 Å². The molecule has 3 aliphatic rings. The summed E-state index contributed by atoms with van der Waals surface area (Å²) in [6, 6.07) is 10.8. The molecule has 0 aromatic heterocycles. The maximum Gasteiger partial charge on any atom is 0.0366 e. The van der Waals surface area contributed by atoms with Gasteiger partial charge in [-0.25, -0.2) is 0 Å². The van der Waals surface area contributed by atoms with E-state index < -0.39 is 0 Å². The first kappa shape index (κ1) is 19.3. The van der Waals surface area contributed by atoms with Crippen LogP contribution in [0, 0.1) is 5.41 Å². The monoisotopic (exact) mass is 369 g/mol. The molecule has 1 aromatic rings. The molecule has 1 atom stereocenters. The van der Waals surface area contributed by atoms with Gasteiger partial charge in [-0.05, 0) is 88.1 Å². The van der Waals surface area contributed by atoms with Crippen molar-refractivity contribution in [3.8, 4) is 0 Å². The van der Waals surface area contributed by atoms with Gasteiger partial charge in [-0.15, -0.1) is 0 Å². The largest absolute Gasteiger partial charge is 0.371 e. The Balaban J connectivity index is 1.25. The zero-order chi connectivity index (χ0) is 18.7. The van der Waals surface area contributed by atoms with Gasteiger partial charge in [-0.3, -0.25) is 0 Å². The van der Waals surface area contributed by atoms with Crippen LogP contribution >= 0.6 is 0 Å². The number of piperidine rings is 2. The Hall–Kier alpha value is -1.06. The molecule has 1 N–H and O–H groups in total. The van der Waals surface area contributed by atoms with Crippen LogP contribution in [0.15, 0.2) is 24.3 Å². The molecule has 3 nitrogen and oxygen atoms in total. The van der Waals surface area contributed by atoms with E-state index in [1.54, 1.807) is 0 Å². The highest BCUT2D eigenvalue weighted by atomic mass is 15.2. The van der Waals surface area contributed by atoms with Crippen LogP contribution in [0.4, 0.5) is 5.69 Å². The molecule has 150 valence electrons. The summed E-state index contributed by atoms with van der Waals surface area (Å²) < 4.78 is 0. The zero-order valence-electron chi connectivity index (χ0n) is 17.6. The number of rotatable bonds is 6. The van der Waals surface area contributed by atoms with Crippen LogP contribution in [-0.4, -0.2) is 43.2 Å². The number of benzene rings is 1. The van der Waals surface area contributed by atoms with E-state index in [-0.39, 0.29) is 0 Å². The second kappa shape index (κ2) is 8.53. The lowest BCUT2D eigenvalue weighted by molar-refractivity contribution is 0.0306. The van der Waals surface area contributed by atoms with Crippen LogP contribution in [0.25, 0.3) is 0 Å². The van der Waals surface area contributed by atoms with Crippen LogP contribution in [0.5, 0.6) is 0 Å². The number of anilines is 1. The Kier molecular flexibility index (Phi) is 6.08. The van der Waals surface area contributed by atoms with Gasteiger partial charge in [0.25, 0.3) is 0 Å². The van der Waals surface area contributed by atoms with Crippen molar-refractivity contribution >= 4 is 5.69 Å². The first-order valence-electron chi connectivity index (χ1n) is 11.5. The van der Waals surface area contributed by atoms with E-state index in [0.717, 1.165) is 12.6 Å². The Labute approximate surface area is 166 Å². The number of hydrogen-bond acceptors (Lipinski definition) is 3. The Morgan fingerprint density at radius 3 is 2.19 bits per heavy atom. The molecule has 27 heavy (non-hydrogen) atoms. The third-order valence-corrected chi connectivity index (χ3v) is 7.84. The molecule has 0 amide bonds. The molecule has 1 saturated carbocycles. The molecule has 1 aliphatic carbocycles. The zero-order valence-corrected chi connectivity index (χ0v) is 17.6. The van der Waals surface area contributed by atoms with E-state index in [4.69, 9.17) is 0 Å². The smallest absolute Gasteiger partial charge is 0.0366 e. The van der Waals surface area contributed by atoms with Crippen molar-refractivity contribution < 1.29 is 0 Å². The van der Waals surface area contributed by atoms with E-state index in [1.165, 1.54) is 88.8 Å². The van der Waals surface area contributed by atoms with Gasteiger partial charge < -0.3 is 15.1 Å². The standard InChI is InChI=1S/C24H39N3/c1-3-20(2)25-19-21-7-9-23(10-8-21)27-17-13-24(14-18-27)11-15-26(16-12-24)22-5-4-6-22/h7-10,20,22,25H,3-6,11-19H2,1-2H3. The van der Waals surface area contributed by atoms with Crippen LogP contribution in [0.3, 0.4) is 0 Å². The Morgan fingerprint density at radius 1 is 1.00 bits per heavy atom. The third kappa shape index (κ3) is 4.51. The lowest BCUT2D eigenvalue weighted by atomic mass is 9.70. The van der Waals surface area contributed by atoms with Crippen molar-refractivity contribution in [1.82, 2.24) is 10.2 Å². The van der Waals surface area contributed by atoms with Gasteiger partial charge in [0.2, 0.25) is 0 Å². The molecule has 1 aromatic carbocycles. The van der Waals surface area contributed by atoms with E-state index in [2.05, 4.69) is 53.2 Å². The molecule has 1 spiro atoms. The number of hydrogen-bond donors (Lipinski definition) is 1.